The van der Waals surface area contributed by atoms with Crippen LogP contribution in [-0.2, 0) is 4.84 Å². The van der Waals surface area contributed by atoms with Crippen LogP contribution in [0.15, 0.2) is 0 Å². The summed E-state index contributed by atoms with van der Waals surface area (Å²) < 4.78 is 0. The molecule has 0 rings (SSSR count). The Labute approximate surface area is 28.6 Å². The molecule has 0 aliphatic rings. The quantitative estimate of drug-likeness (QED) is 0.325. The summed E-state index contributed by atoms with van der Waals surface area (Å²) in [4.78, 5) is 4.21. The molecule has 0 aliphatic heterocycles. The van der Waals surface area contributed by atoms with Crippen LogP contribution in [0.5, 0.6) is 0 Å². The average molecular weight is 74.1 g/mol. The number of rotatable bonds is 1. The van der Waals surface area contributed by atoms with Crippen molar-refractivity contribution in [2.45, 2.75) is 0 Å². The van der Waals surface area contributed by atoms with E-state index in [9.17, 15) is 0 Å². The molecule has 0 unspecified atom stereocenters. The van der Waals surface area contributed by atoms with Crippen LogP contribution in [0, 0.1) is 0 Å². The zero-order chi connectivity index (χ0) is 3.41. The van der Waals surface area contributed by atoms with E-state index in [0.29, 0.717) is 0 Å². The van der Waals surface area contributed by atoms with Gasteiger partial charge >= 0.3 is 0 Å². The minimum absolute atomic E-state index is 1.52. The SMILES string of the molecule is CON[Si]. The summed E-state index contributed by atoms with van der Waals surface area (Å²) in [5, 5.41) is 2.24. The van der Waals surface area contributed by atoms with Crippen LogP contribution < -0.4 is 5.15 Å². The second-order valence-corrected chi connectivity index (χ2v) is 0.510. The molecule has 0 fully saturated rings. The van der Waals surface area contributed by atoms with Crippen molar-refractivity contribution in [1.82, 2.24) is 5.15 Å². The molecule has 2 nitrogen and oxygen atoms in total. The van der Waals surface area contributed by atoms with Gasteiger partial charge in [-0.15, -0.1) is 0 Å². The van der Waals surface area contributed by atoms with E-state index in [0.717, 1.165) is 0 Å². The van der Waals surface area contributed by atoms with Crippen molar-refractivity contribution in [1.29, 1.82) is 0 Å². The van der Waals surface area contributed by atoms with E-state index in [-0.39, 0.29) is 0 Å². The maximum Gasteiger partial charge on any atom is 0.179 e. The number of nitrogens with one attached hydrogen (secondary N) is 1. The van der Waals surface area contributed by atoms with Crippen LogP contribution in [0.2, 0.25) is 0 Å². The fraction of sp³-hybridized carbons (Fsp3) is 1.00. The third kappa shape index (κ3) is 2.14. The van der Waals surface area contributed by atoms with Crippen LogP contribution in [0.4, 0.5) is 0 Å². The van der Waals surface area contributed by atoms with Gasteiger partial charge in [-0.25, -0.2) is 5.15 Å². The predicted octanol–water partition coefficient (Wildman–Crippen LogP) is -0.779. The molecule has 3 radical (unpaired) electrons. The van der Waals surface area contributed by atoms with Crippen LogP contribution in [0.1, 0.15) is 0 Å². The molecule has 3 heteroatoms. The Morgan fingerprint density at radius 2 is 2.25 bits per heavy atom. The third-order valence-corrected chi connectivity index (χ3v) is 0.306. The summed E-state index contributed by atoms with van der Waals surface area (Å²) in [6.07, 6.45) is 0. The molecule has 0 aliphatic carbocycles. The molecule has 0 aromatic carbocycles. The second kappa shape index (κ2) is 3.14. The molecule has 0 aromatic rings. The largest absolute Gasteiger partial charge is 0.313 e. The first-order valence-corrected chi connectivity index (χ1v) is 1.36. The Bertz CT molecular complexity index is 10.0. The second-order valence-electron chi connectivity index (χ2n) is 0.306. The van der Waals surface area contributed by atoms with E-state index in [1.165, 1.54) is 7.11 Å². The fourth-order valence-corrected chi connectivity index (χ4v) is 0. The van der Waals surface area contributed by atoms with E-state index < -0.39 is 0 Å². The molecule has 0 bridgehead atoms. The maximum atomic E-state index is 4.21. The first kappa shape index (κ1) is 4.14. The first-order chi connectivity index (χ1) is 1.91. The lowest BCUT2D eigenvalue weighted by Crippen LogP contribution is -2.03. The molecule has 0 saturated carbocycles. The lowest BCUT2D eigenvalue weighted by Gasteiger charge is -1.80. The zero-order valence-electron chi connectivity index (χ0n) is 2.41. The van der Waals surface area contributed by atoms with Gasteiger partial charge in [-0.3, -0.25) is 0 Å². The molecule has 0 amide bonds. The third-order valence-electron chi connectivity index (χ3n) is 0.102. The van der Waals surface area contributed by atoms with Crippen molar-refractivity contribution in [3.63, 3.8) is 0 Å². The van der Waals surface area contributed by atoms with Gasteiger partial charge in [0.25, 0.3) is 0 Å². The van der Waals surface area contributed by atoms with Gasteiger partial charge in [0.05, 0.1) is 7.11 Å². The molecule has 0 saturated heterocycles. The van der Waals surface area contributed by atoms with Gasteiger partial charge < -0.3 is 4.84 Å². The summed E-state index contributed by atoms with van der Waals surface area (Å²) in [6.45, 7) is 0. The Morgan fingerprint density at radius 3 is 2.25 bits per heavy atom. The van der Waals surface area contributed by atoms with E-state index in [4.69, 9.17) is 0 Å². The topological polar surface area (TPSA) is 21.3 Å². The van der Waals surface area contributed by atoms with E-state index in [1.54, 1.807) is 0 Å². The summed E-state index contributed by atoms with van der Waals surface area (Å²) in [6, 6.07) is 0. The van der Waals surface area contributed by atoms with Crippen molar-refractivity contribution >= 4 is 10.4 Å². The first-order valence-electron chi connectivity index (χ1n) is 0.862. The maximum absolute atomic E-state index is 4.21. The molecule has 23 valence electrons. The minimum Gasteiger partial charge on any atom is -0.313 e. The van der Waals surface area contributed by atoms with Crippen molar-refractivity contribution in [2.24, 2.45) is 0 Å². The summed E-state index contributed by atoms with van der Waals surface area (Å²) >= 11 is 0. The Morgan fingerprint density at radius 1 is 2.00 bits per heavy atom. The molecular weight excluding hydrogens is 70.1 g/mol. The molecule has 0 spiro atoms. The molecule has 0 heterocycles. The van der Waals surface area contributed by atoms with Gasteiger partial charge in [0.2, 0.25) is 0 Å². The van der Waals surface area contributed by atoms with E-state index in [1.807, 2.05) is 0 Å². The van der Waals surface area contributed by atoms with Gasteiger partial charge in [-0.05, 0) is 0 Å². The molecule has 4 heavy (non-hydrogen) atoms. The molecule has 0 atom stereocenters. The lowest BCUT2D eigenvalue weighted by molar-refractivity contribution is 0.156. The summed E-state index contributed by atoms with van der Waals surface area (Å²) in [5.41, 5.74) is 0. The minimum atomic E-state index is 1.52. The fourth-order valence-electron chi connectivity index (χ4n) is 0. The highest BCUT2D eigenvalue weighted by Crippen LogP contribution is 1.30. The molecule has 0 aromatic heterocycles. The Kier molecular flexibility index (Phi) is 3.24. The van der Waals surface area contributed by atoms with E-state index >= 15 is 0 Å². The van der Waals surface area contributed by atoms with Crippen molar-refractivity contribution in [3.05, 3.63) is 0 Å². The van der Waals surface area contributed by atoms with Crippen molar-refractivity contribution < 1.29 is 4.84 Å². The average Bonchev–Trinajstić information content (AvgIpc) is 1.37. The predicted molar refractivity (Wildman–Crippen MR) is 15.9 cm³/mol. The van der Waals surface area contributed by atoms with E-state index in [2.05, 4.69) is 20.4 Å². The van der Waals surface area contributed by atoms with Crippen LogP contribution in [0.3, 0.4) is 0 Å². The van der Waals surface area contributed by atoms with Crippen LogP contribution in [0.25, 0.3) is 0 Å². The smallest absolute Gasteiger partial charge is 0.179 e. The normalized spacial score (nSPS) is 7.50. The number of hydrogen-bond donors (Lipinski definition) is 1. The monoisotopic (exact) mass is 74.0 g/mol. The highest BCUT2D eigenvalue weighted by Gasteiger charge is 1.47. The van der Waals surface area contributed by atoms with Crippen molar-refractivity contribution in [3.8, 4) is 0 Å². The standard InChI is InChI=1S/CH4NOSi/c1-3-2-4/h2H,1H3. The zero-order valence-corrected chi connectivity index (χ0v) is 3.41. The summed E-state index contributed by atoms with van der Waals surface area (Å²) in [7, 11) is 4.34. The lowest BCUT2D eigenvalue weighted by atomic mass is 11.7. The molecular formula is CH4NOSi. The highest BCUT2D eigenvalue weighted by atomic mass is 28.2. The van der Waals surface area contributed by atoms with Crippen molar-refractivity contribution in [2.75, 3.05) is 7.11 Å². The van der Waals surface area contributed by atoms with Crippen LogP contribution in [-0.4, -0.2) is 17.5 Å². The number of hydrogen-bond acceptors (Lipinski definition) is 2. The Balaban J connectivity index is 1.97. The van der Waals surface area contributed by atoms with Gasteiger partial charge in [-0.2, -0.15) is 0 Å². The highest BCUT2D eigenvalue weighted by molar-refractivity contribution is 6.03. The van der Waals surface area contributed by atoms with Gasteiger partial charge in [-0.1, -0.05) is 0 Å². The summed E-state index contributed by atoms with van der Waals surface area (Å²) in [5.74, 6) is 0. The van der Waals surface area contributed by atoms with Gasteiger partial charge in [0.1, 0.15) is 0 Å². The van der Waals surface area contributed by atoms with Gasteiger partial charge in [0, 0.05) is 0 Å². The Hall–Kier alpha value is 0.137. The molecule has 1 N–H and O–H groups in total. The van der Waals surface area contributed by atoms with Crippen LogP contribution >= 0.6 is 0 Å². The van der Waals surface area contributed by atoms with Gasteiger partial charge in [0.15, 0.2) is 10.4 Å².